The van der Waals surface area contributed by atoms with Crippen molar-refractivity contribution < 1.29 is 18.3 Å². The number of carbonyl (C=O) groups is 1. The van der Waals surface area contributed by atoms with Gasteiger partial charge in [-0.3, -0.25) is 14.2 Å². The van der Waals surface area contributed by atoms with Gasteiger partial charge in [-0.25, -0.2) is 4.98 Å². The van der Waals surface area contributed by atoms with Crippen LogP contribution in [0, 0.1) is 0 Å². The normalized spacial score (nSPS) is 12.1. The zero-order valence-electron chi connectivity index (χ0n) is 15.5. The van der Waals surface area contributed by atoms with Gasteiger partial charge in [0.25, 0.3) is 5.56 Å². The number of ketones is 1. The minimum Gasteiger partial charge on any atom is -0.435 e. The van der Waals surface area contributed by atoms with Crippen molar-refractivity contribution in [1.82, 2.24) is 9.55 Å². The Morgan fingerprint density at radius 3 is 2.59 bits per heavy atom. The Labute approximate surface area is 170 Å². The van der Waals surface area contributed by atoms with Crippen molar-refractivity contribution >= 4 is 28.4 Å². The van der Waals surface area contributed by atoms with Crippen LogP contribution in [0.4, 0.5) is 8.78 Å². The maximum Gasteiger partial charge on any atom is 0.387 e. The quantitative estimate of drug-likeness (QED) is 0.233. The van der Waals surface area contributed by atoms with E-state index in [-0.39, 0.29) is 23.6 Å². The lowest BCUT2D eigenvalue weighted by Gasteiger charge is -2.15. The van der Waals surface area contributed by atoms with Crippen LogP contribution < -0.4 is 10.3 Å². The molecule has 0 bridgehead atoms. The van der Waals surface area contributed by atoms with Crippen molar-refractivity contribution in [2.45, 2.75) is 30.5 Å². The standard InChI is InChI=1S/C21H18F2N2O3S/c1-3-12-25-19(27)16-6-4-5-7-17(16)24-21(25)29-13(2)18(26)14-8-10-15(11-9-14)28-20(22)23/h3-11,13,20H,1,12H2,2H3/t13-/m1/s1. The van der Waals surface area contributed by atoms with Gasteiger partial charge < -0.3 is 4.74 Å². The number of alkyl halides is 2. The first-order chi connectivity index (χ1) is 13.9. The van der Waals surface area contributed by atoms with E-state index in [1.165, 1.54) is 28.8 Å². The SMILES string of the molecule is C=CCn1c(S[C@H](C)C(=O)c2ccc(OC(F)F)cc2)nc2ccccc2c1=O. The molecule has 0 unspecified atom stereocenters. The van der Waals surface area contributed by atoms with E-state index in [2.05, 4.69) is 16.3 Å². The van der Waals surface area contributed by atoms with Crippen molar-refractivity contribution in [3.8, 4) is 5.75 Å². The molecular weight excluding hydrogens is 398 g/mol. The number of thioether (sulfide) groups is 1. The van der Waals surface area contributed by atoms with Crippen LogP contribution in [0.3, 0.4) is 0 Å². The second kappa shape index (κ2) is 9.00. The molecule has 8 heteroatoms. The summed E-state index contributed by atoms with van der Waals surface area (Å²) >= 11 is 1.16. The molecule has 150 valence electrons. The molecular formula is C21H18F2N2O3S. The van der Waals surface area contributed by atoms with E-state index >= 15 is 0 Å². The van der Waals surface area contributed by atoms with Crippen molar-refractivity contribution in [3.05, 3.63) is 77.1 Å². The molecule has 0 spiro atoms. The van der Waals surface area contributed by atoms with Crippen LogP contribution in [-0.2, 0) is 6.54 Å². The molecule has 5 nitrogen and oxygen atoms in total. The molecule has 2 aromatic carbocycles. The Kier molecular flexibility index (Phi) is 6.43. The molecule has 0 aliphatic carbocycles. The van der Waals surface area contributed by atoms with Gasteiger partial charge in [-0.2, -0.15) is 8.78 Å². The third-order valence-corrected chi connectivity index (χ3v) is 5.24. The first-order valence-electron chi connectivity index (χ1n) is 8.77. The minimum absolute atomic E-state index is 0.0205. The molecule has 0 radical (unpaired) electrons. The molecule has 29 heavy (non-hydrogen) atoms. The van der Waals surface area contributed by atoms with E-state index in [0.29, 0.717) is 21.6 Å². The first-order valence-corrected chi connectivity index (χ1v) is 9.65. The number of fused-ring (bicyclic) bond motifs is 1. The second-order valence-corrected chi connectivity index (χ2v) is 7.45. The van der Waals surface area contributed by atoms with Crippen LogP contribution >= 0.6 is 11.8 Å². The summed E-state index contributed by atoms with van der Waals surface area (Å²) in [7, 11) is 0. The summed E-state index contributed by atoms with van der Waals surface area (Å²) in [6.45, 7) is 2.72. The summed E-state index contributed by atoms with van der Waals surface area (Å²) in [5.41, 5.74) is 0.699. The minimum atomic E-state index is -2.92. The van der Waals surface area contributed by atoms with Gasteiger partial charge in [-0.1, -0.05) is 30.0 Å². The van der Waals surface area contributed by atoms with Crippen LogP contribution in [0.2, 0.25) is 0 Å². The van der Waals surface area contributed by atoms with Gasteiger partial charge >= 0.3 is 6.61 Å². The molecule has 0 aliphatic heterocycles. The Balaban J connectivity index is 1.87. The number of ether oxygens (including phenoxy) is 1. The number of carbonyl (C=O) groups excluding carboxylic acids is 1. The molecule has 1 atom stereocenters. The van der Waals surface area contributed by atoms with Crippen molar-refractivity contribution in [1.29, 1.82) is 0 Å². The molecule has 1 aromatic heterocycles. The fourth-order valence-electron chi connectivity index (χ4n) is 2.77. The summed E-state index contributed by atoms with van der Waals surface area (Å²) in [6, 6.07) is 12.5. The molecule has 0 saturated carbocycles. The monoisotopic (exact) mass is 416 g/mol. The highest BCUT2D eigenvalue weighted by molar-refractivity contribution is 8.00. The maximum atomic E-state index is 12.8. The smallest absolute Gasteiger partial charge is 0.387 e. The summed E-state index contributed by atoms with van der Waals surface area (Å²) in [5, 5.41) is 0.348. The number of nitrogens with zero attached hydrogens (tertiary/aromatic N) is 2. The number of halogens is 2. The lowest BCUT2D eigenvalue weighted by atomic mass is 10.1. The molecule has 1 heterocycles. The van der Waals surface area contributed by atoms with Crippen molar-refractivity contribution in [2.75, 3.05) is 0 Å². The van der Waals surface area contributed by atoms with Gasteiger partial charge in [0.1, 0.15) is 5.75 Å². The molecule has 0 amide bonds. The lowest BCUT2D eigenvalue weighted by molar-refractivity contribution is -0.0498. The second-order valence-electron chi connectivity index (χ2n) is 6.14. The Hall–Kier alpha value is -3.00. The first kappa shape index (κ1) is 20.7. The lowest BCUT2D eigenvalue weighted by Crippen LogP contribution is -2.24. The van der Waals surface area contributed by atoms with Gasteiger partial charge in [0.05, 0.1) is 16.2 Å². The number of hydrogen-bond acceptors (Lipinski definition) is 5. The van der Waals surface area contributed by atoms with Crippen LogP contribution in [-0.4, -0.2) is 27.2 Å². The molecule has 0 aliphatic rings. The van der Waals surface area contributed by atoms with E-state index in [0.717, 1.165) is 11.8 Å². The fourth-order valence-corrected chi connectivity index (χ4v) is 3.77. The maximum absolute atomic E-state index is 12.8. The largest absolute Gasteiger partial charge is 0.435 e. The number of para-hydroxylation sites is 1. The number of rotatable bonds is 8. The highest BCUT2D eigenvalue weighted by atomic mass is 32.2. The predicted molar refractivity (Wildman–Crippen MR) is 109 cm³/mol. The topological polar surface area (TPSA) is 61.2 Å². The molecule has 0 N–H and O–H groups in total. The van der Waals surface area contributed by atoms with E-state index in [9.17, 15) is 18.4 Å². The average molecular weight is 416 g/mol. The zero-order valence-corrected chi connectivity index (χ0v) is 16.4. The Bertz CT molecular complexity index is 1100. The summed E-state index contributed by atoms with van der Waals surface area (Å²) < 4.78 is 30.3. The third kappa shape index (κ3) is 4.71. The Morgan fingerprint density at radius 1 is 1.24 bits per heavy atom. The number of hydrogen-bond donors (Lipinski definition) is 0. The number of allylic oxidation sites excluding steroid dienone is 1. The van der Waals surface area contributed by atoms with Crippen molar-refractivity contribution in [2.24, 2.45) is 0 Å². The van der Waals surface area contributed by atoms with Gasteiger partial charge in [0.2, 0.25) is 0 Å². The number of Topliss-reactive ketones (excluding diaryl/α,β-unsaturated/α-hetero) is 1. The van der Waals surface area contributed by atoms with E-state index in [1.54, 1.807) is 37.3 Å². The number of aromatic nitrogens is 2. The van der Waals surface area contributed by atoms with Gasteiger partial charge in [-0.05, 0) is 43.3 Å². The van der Waals surface area contributed by atoms with Gasteiger partial charge in [-0.15, -0.1) is 6.58 Å². The average Bonchev–Trinajstić information content (AvgIpc) is 2.70. The summed E-state index contributed by atoms with van der Waals surface area (Å²) in [6.07, 6.45) is 1.59. The van der Waals surface area contributed by atoms with Crippen LogP contribution in [0.15, 0.2) is 71.1 Å². The van der Waals surface area contributed by atoms with Crippen LogP contribution in [0.25, 0.3) is 10.9 Å². The Morgan fingerprint density at radius 2 is 1.93 bits per heavy atom. The fraction of sp³-hybridized carbons (Fsp3) is 0.190. The molecule has 0 fully saturated rings. The molecule has 3 rings (SSSR count). The highest BCUT2D eigenvalue weighted by Gasteiger charge is 2.20. The van der Waals surface area contributed by atoms with Crippen LogP contribution in [0.5, 0.6) is 5.75 Å². The summed E-state index contributed by atoms with van der Waals surface area (Å²) in [4.78, 5) is 30.1. The highest BCUT2D eigenvalue weighted by Crippen LogP contribution is 2.26. The number of benzene rings is 2. The van der Waals surface area contributed by atoms with Crippen molar-refractivity contribution in [3.63, 3.8) is 0 Å². The molecule has 3 aromatic rings. The third-order valence-electron chi connectivity index (χ3n) is 4.15. The predicted octanol–water partition coefficient (Wildman–Crippen LogP) is 4.55. The van der Waals surface area contributed by atoms with E-state index in [4.69, 9.17) is 0 Å². The van der Waals surface area contributed by atoms with Crippen LogP contribution in [0.1, 0.15) is 17.3 Å². The summed E-state index contributed by atoms with van der Waals surface area (Å²) in [5.74, 6) is -0.237. The molecule has 0 saturated heterocycles. The van der Waals surface area contributed by atoms with E-state index < -0.39 is 11.9 Å². The zero-order chi connectivity index (χ0) is 21.0. The van der Waals surface area contributed by atoms with E-state index in [1.807, 2.05) is 0 Å². The van der Waals surface area contributed by atoms with Gasteiger partial charge in [0, 0.05) is 12.1 Å². The van der Waals surface area contributed by atoms with Gasteiger partial charge in [0.15, 0.2) is 10.9 Å².